The molecule has 0 bridgehead atoms. The minimum Gasteiger partial charge on any atom is -0.440 e. The van der Waals surface area contributed by atoms with Crippen molar-refractivity contribution in [3.05, 3.63) is 53.2 Å². The average molecular weight is 302 g/mol. The normalized spacial score (nSPS) is 10.8. The van der Waals surface area contributed by atoms with Crippen molar-refractivity contribution in [2.24, 2.45) is 0 Å². The highest BCUT2D eigenvalue weighted by molar-refractivity contribution is 7.98. The van der Waals surface area contributed by atoms with Gasteiger partial charge in [0.1, 0.15) is 5.76 Å². The van der Waals surface area contributed by atoms with E-state index in [0.29, 0.717) is 5.89 Å². The van der Waals surface area contributed by atoms with Gasteiger partial charge in [-0.25, -0.2) is 4.98 Å². The molecule has 0 unspecified atom stereocenters. The lowest BCUT2D eigenvalue weighted by atomic mass is 10.3. The van der Waals surface area contributed by atoms with Gasteiger partial charge in [0.15, 0.2) is 0 Å². The highest BCUT2D eigenvalue weighted by atomic mass is 32.2. The quantitative estimate of drug-likeness (QED) is 0.566. The Balaban J connectivity index is 1.73. The number of thioether (sulfide) groups is 1. The second-order valence-electron chi connectivity index (χ2n) is 4.36. The number of aryl methyl sites for hydroxylation is 1. The fraction of sp³-hybridized carbons (Fsp3) is 0.133. The van der Waals surface area contributed by atoms with E-state index >= 15 is 0 Å². The van der Waals surface area contributed by atoms with Gasteiger partial charge in [0.2, 0.25) is 5.89 Å². The third-order valence-electron chi connectivity index (χ3n) is 2.88. The van der Waals surface area contributed by atoms with Gasteiger partial charge >= 0.3 is 0 Å². The predicted molar refractivity (Wildman–Crippen MR) is 85.0 cm³/mol. The summed E-state index contributed by atoms with van der Waals surface area (Å²) >= 11 is 3.37. The summed E-state index contributed by atoms with van der Waals surface area (Å²) in [5.74, 6) is 2.40. The molecule has 1 aromatic carbocycles. The molecule has 0 saturated carbocycles. The lowest BCUT2D eigenvalue weighted by Gasteiger charge is -2.00. The summed E-state index contributed by atoms with van der Waals surface area (Å²) < 4.78 is 5.73. The molecule has 0 radical (unpaired) electrons. The fourth-order valence-electron chi connectivity index (χ4n) is 1.78. The molecule has 20 heavy (non-hydrogen) atoms. The van der Waals surface area contributed by atoms with E-state index in [0.717, 1.165) is 27.8 Å². The fourth-order valence-corrected chi connectivity index (χ4v) is 3.33. The Bertz CT molecular complexity index is 687. The maximum absolute atomic E-state index is 5.73. The Kier molecular flexibility index (Phi) is 3.80. The zero-order valence-corrected chi connectivity index (χ0v) is 12.6. The van der Waals surface area contributed by atoms with Crippen LogP contribution in [-0.2, 0) is 5.75 Å². The number of nitrogens with two attached hydrogens (primary N) is 1. The van der Waals surface area contributed by atoms with Gasteiger partial charge in [-0.05, 0) is 42.6 Å². The number of hydrogen-bond donors (Lipinski definition) is 1. The lowest BCUT2D eigenvalue weighted by Crippen LogP contribution is -1.85. The van der Waals surface area contributed by atoms with Crippen LogP contribution in [0.5, 0.6) is 0 Å². The summed E-state index contributed by atoms with van der Waals surface area (Å²) in [4.78, 5) is 6.83. The molecule has 0 amide bonds. The van der Waals surface area contributed by atoms with Crippen LogP contribution in [0.1, 0.15) is 11.5 Å². The summed E-state index contributed by atoms with van der Waals surface area (Å²) in [5.41, 5.74) is 7.46. The Morgan fingerprint density at radius 2 is 2.05 bits per heavy atom. The summed E-state index contributed by atoms with van der Waals surface area (Å²) in [5, 5.41) is 2.03. The Morgan fingerprint density at radius 1 is 1.25 bits per heavy atom. The molecule has 5 heteroatoms. The Morgan fingerprint density at radius 3 is 2.75 bits per heavy atom. The van der Waals surface area contributed by atoms with E-state index in [1.54, 1.807) is 23.1 Å². The monoisotopic (exact) mass is 302 g/mol. The van der Waals surface area contributed by atoms with Crippen molar-refractivity contribution < 1.29 is 4.42 Å². The first-order chi connectivity index (χ1) is 9.72. The highest BCUT2D eigenvalue weighted by Gasteiger charge is 2.12. The number of hydrogen-bond acceptors (Lipinski definition) is 5. The van der Waals surface area contributed by atoms with Crippen molar-refractivity contribution in [1.82, 2.24) is 4.98 Å². The van der Waals surface area contributed by atoms with Crippen LogP contribution in [0.4, 0.5) is 5.69 Å². The SMILES string of the molecule is Cc1oc(-c2cccs2)nc1CSc1ccc(N)cc1. The van der Waals surface area contributed by atoms with Crippen LogP contribution in [0.2, 0.25) is 0 Å². The van der Waals surface area contributed by atoms with Gasteiger partial charge in [0, 0.05) is 16.3 Å². The number of oxazole rings is 1. The average Bonchev–Trinajstić information content (AvgIpc) is 3.08. The molecule has 102 valence electrons. The Hall–Kier alpha value is -1.72. The van der Waals surface area contributed by atoms with Crippen molar-refractivity contribution >= 4 is 28.8 Å². The molecule has 3 rings (SSSR count). The first kappa shape index (κ1) is 13.3. The molecule has 0 aliphatic carbocycles. The topological polar surface area (TPSA) is 52.0 Å². The first-order valence-electron chi connectivity index (χ1n) is 6.21. The van der Waals surface area contributed by atoms with E-state index in [-0.39, 0.29) is 0 Å². The molecule has 0 aliphatic heterocycles. The summed E-state index contributed by atoms with van der Waals surface area (Å²) in [7, 11) is 0. The number of nitrogen functional groups attached to an aromatic ring is 1. The number of thiophene rings is 1. The van der Waals surface area contributed by atoms with E-state index in [2.05, 4.69) is 4.98 Å². The highest BCUT2D eigenvalue weighted by Crippen LogP contribution is 2.29. The van der Waals surface area contributed by atoms with Crippen molar-refractivity contribution in [2.45, 2.75) is 17.6 Å². The zero-order chi connectivity index (χ0) is 13.9. The van der Waals surface area contributed by atoms with Crippen LogP contribution in [0, 0.1) is 6.92 Å². The molecule has 3 nitrogen and oxygen atoms in total. The van der Waals surface area contributed by atoms with Crippen molar-refractivity contribution in [2.75, 3.05) is 5.73 Å². The first-order valence-corrected chi connectivity index (χ1v) is 8.07. The van der Waals surface area contributed by atoms with Crippen molar-refractivity contribution in [3.8, 4) is 10.8 Å². The molecule has 0 fully saturated rings. The number of anilines is 1. The van der Waals surface area contributed by atoms with E-state index in [1.807, 2.05) is 48.7 Å². The van der Waals surface area contributed by atoms with Crippen LogP contribution < -0.4 is 5.73 Å². The van der Waals surface area contributed by atoms with Crippen molar-refractivity contribution in [3.63, 3.8) is 0 Å². The molecule has 2 heterocycles. The van der Waals surface area contributed by atoms with Gasteiger partial charge in [-0.1, -0.05) is 6.07 Å². The zero-order valence-electron chi connectivity index (χ0n) is 11.0. The molecule has 0 spiro atoms. The number of aromatic nitrogens is 1. The van der Waals surface area contributed by atoms with Gasteiger partial charge < -0.3 is 10.2 Å². The number of benzene rings is 1. The summed E-state index contributed by atoms with van der Waals surface area (Å²) in [6.45, 7) is 1.96. The molecular formula is C15H14N2OS2. The largest absolute Gasteiger partial charge is 0.440 e. The lowest BCUT2D eigenvalue weighted by molar-refractivity contribution is 0.542. The van der Waals surface area contributed by atoms with E-state index < -0.39 is 0 Å². The molecule has 3 aromatic rings. The van der Waals surface area contributed by atoms with Crippen LogP contribution in [0.3, 0.4) is 0 Å². The van der Waals surface area contributed by atoms with E-state index in [9.17, 15) is 0 Å². The van der Waals surface area contributed by atoms with Crippen LogP contribution in [0.15, 0.2) is 51.1 Å². The molecule has 0 saturated heterocycles. The van der Waals surface area contributed by atoms with E-state index in [4.69, 9.17) is 10.2 Å². The maximum atomic E-state index is 5.73. The predicted octanol–water partition coefficient (Wildman–Crippen LogP) is 4.59. The molecule has 0 atom stereocenters. The number of nitrogens with zero attached hydrogens (tertiary/aromatic N) is 1. The standard InChI is InChI=1S/C15H14N2OS2/c1-10-13(9-20-12-6-4-11(16)5-7-12)17-15(18-10)14-3-2-8-19-14/h2-8H,9,16H2,1H3. The summed E-state index contributed by atoms with van der Waals surface area (Å²) in [6.07, 6.45) is 0. The van der Waals surface area contributed by atoms with Crippen LogP contribution in [-0.4, -0.2) is 4.98 Å². The van der Waals surface area contributed by atoms with Crippen LogP contribution in [0.25, 0.3) is 10.8 Å². The number of rotatable bonds is 4. The Labute approximate surface area is 125 Å². The summed E-state index contributed by atoms with van der Waals surface area (Å²) in [6, 6.07) is 11.9. The molecule has 2 aromatic heterocycles. The minimum absolute atomic E-state index is 0.713. The second kappa shape index (κ2) is 5.73. The van der Waals surface area contributed by atoms with Gasteiger partial charge in [-0.3, -0.25) is 0 Å². The maximum Gasteiger partial charge on any atom is 0.236 e. The van der Waals surface area contributed by atoms with Crippen molar-refractivity contribution in [1.29, 1.82) is 0 Å². The van der Waals surface area contributed by atoms with Crippen LogP contribution >= 0.6 is 23.1 Å². The third kappa shape index (κ3) is 2.89. The second-order valence-corrected chi connectivity index (χ2v) is 6.35. The van der Waals surface area contributed by atoms with E-state index in [1.165, 1.54) is 4.90 Å². The smallest absolute Gasteiger partial charge is 0.236 e. The van der Waals surface area contributed by atoms with Gasteiger partial charge in [-0.15, -0.1) is 23.1 Å². The minimum atomic E-state index is 0.713. The molecule has 0 aliphatic rings. The van der Waals surface area contributed by atoms with Gasteiger partial charge in [-0.2, -0.15) is 0 Å². The van der Waals surface area contributed by atoms with Gasteiger partial charge in [0.25, 0.3) is 0 Å². The van der Waals surface area contributed by atoms with Gasteiger partial charge in [0.05, 0.1) is 10.6 Å². The third-order valence-corrected chi connectivity index (χ3v) is 4.76. The molecule has 2 N–H and O–H groups in total. The molecular weight excluding hydrogens is 288 g/mol.